The molecule has 0 bridgehead atoms. The molecule has 0 radical (unpaired) electrons. The Balaban J connectivity index is 3.15. The van der Waals surface area contributed by atoms with Gasteiger partial charge in [-0.2, -0.15) is 0 Å². The predicted molar refractivity (Wildman–Crippen MR) is 33.8 cm³/mol. The first-order valence-electron chi connectivity index (χ1n) is 3.18. The molecule has 1 nitrogen and oxygen atoms in total. The van der Waals surface area contributed by atoms with E-state index in [1.807, 2.05) is 6.92 Å². The highest BCUT2D eigenvalue weighted by atomic mass is 19.3. The average Bonchev–Trinajstić information content (AvgIpc) is 1.63. The van der Waals surface area contributed by atoms with Gasteiger partial charge in [-0.25, -0.2) is 8.78 Å². The van der Waals surface area contributed by atoms with Gasteiger partial charge in [-0.15, -0.1) is 0 Å². The highest BCUT2D eigenvalue weighted by Gasteiger charge is 2.07. The number of alkyl halides is 2. The summed E-state index contributed by atoms with van der Waals surface area (Å²) in [6.45, 7) is 4.42. The lowest BCUT2D eigenvalue weighted by Crippen LogP contribution is -2.27. The van der Waals surface area contributed by atoms with E-state index in [4.69, 9.17) is 0 Å². The van der Waals surface area contributed by atoms with Crippen molar-refractivity contribution in [2.75, 3.05) is 6.54 Å². The molecule has 0 aliphatic heterocycles. The minimum Gasteiger partial charge on any atom is -0.314 e. The zero-order valence-electron chi connectivity index (χ0n) is 5.82. The third-order valence-electron chi connectivity index (χ3n) is 1.08. The lowest BCUT2D eigenvalue weighted by Gasteiger charge is -2.09. The minimum atomic E-state index is -2.18. The van der Waals surface area contributed by atoms with E-state index in [2.05, 4.69) is 5.32 Å². The fourth-order valence-electron chi connectivity index (χ4n) is 0.699. The predicted octanol–water partition coefficient (Wildman–Crippen LogP) is 1.64. The summed E-state index contributed by atoms with van der Waals surface area (Å²) in [5.74, 6) is 0. The molecular formula is C6H13F2N. The van der Waals surface area contributed by atoms with Crippen molar-refractivity contribution < 1.29 is 8.78 Å². The summed E-state index contributed by atoms with van der Waals surface area (Å²) in [7, 11) is 0. The summed E-state index contributed by atoms with van der Waals surface area (Å²) in [4.78, 5) is 0. The van der Waals surface area contributed by atoms with Crippen LogP contribution in [0.5, 0.6) is 0 Å². The molecule has 1 atom stereocenters. The summed E-state index contributed by atoms with van der Waals surface area (Å²) >= 11 is 0. The fourth-order valence-corrected chi connectivity index (χ4v) is 0.699. The molecular weight excluding hydrogens is 124 g/mol. The molecule has 3 heteroatoms. The van der Waals surface area contributed by atoms with Crippen LogP contribution in [0.4, 0.5) is 8.78 Å². The van der Waals surface area contributed by atoms with Gasteiger partial charge in [0.2, 0.25) is 6.43 Å². The van der Waals surface area contributed by atoms with E-state index in [0.717, 1.165) is 6.54 Å². The van der Waals surface area contributed by atoms with Gasteiger partial charge >= 0.3 is 0 Å². The van der Waals surface area contributed by atoms with Crippen LogP contribution in [0.1, 0.15) is 20.3 Å². The fraction of sp³-hybridized carbons (Fsp3) is 1.00. The second-order valence-electron chi connectivity index (χ2n) is 2.09. The molecule has 1 unspecified atom stereocenters. The number of nitrogens with one attached hydrogen (secondary N) is 1. The Morgan fingerprint density at radius 1 is 1.44 bits per heavy atom. The van der Waals surface area contributed by atoms with E-state index in [1.54, 1.807) is 6.92 Å². The third kappa shape index (κ3) is 5.69. The van der Waals surface area contributed by atoms with Crippen LogP contribution < -0.4 is 5.32 Å². The monoisotopic (exact) mass is 137 g/mol. The first-order valence-corrected chi connectivity index (χ1v) is 3.18. The lowest BCUT2D eigenvalue weighted by molar-refractivity contribution is 0.125. The Hall–Kier alpha value is -0.180. The van der Waals surface area contributed by atoms with Gasteiger partial charge in [-0.3, -0.25) is 0 Å². The summed E-state index contributed by atoms with van der Waals surface area (Å²) < 4.78 is 23.1. The Morgan fingerprint density at radius 3 is 2.33 bits per heavy atom. The summed E-state index contributed by atoms with van der Waals surface area (Å²) in [5.41, 5.74) is 0. The van der Waals surface area contributed by atoms with Crippen LogP contribution in [0.15, 0.2) is 0 Å². The van der Waals surface area contributed by atoms with Gasteiger partial charge < -0.3 is 5.32 Å². The molecule has 0 heterocycles. The van der Waals surface area contributed by atoms with E-state index in [-0.39, 0.29) is 12.5 Å². The standard InChI is InChI=1S/C6H13F2N/c1-3-9-5(2)4-6(7)8/h5-6,9H,3-4H2,1-2H3. The van der Waals surface area contributed by atoms with Crippen molar-refractivity contribution in [3.8, 4) is 0 Å². The molecule has 0 aromatic carbocycles. The quantitative estimate of drug-likeness (QED) is 0.621. The second-order valence-corrected chi connectivity index (χ2v) is 2.09. The zero-order chi connectivity index (χ0) is 7.28. The van der Waals surface area contributed by atoms with E-state index >= 15 is 0 Å². The Bertz CT molecular complexity index is 66.1. The summed E-state index contributed by atoms with van der Waals surface area (Å²) in [5, 5.41) is 2.90. The summed E-state index contributed by atoms with van der Waals surface area (Å²) in [6.07, 6.45) is -2.23. The van der Waals surface area contributed by atoms with Crippen LogP contribution in [0.2, 0.25) is 0 Å². The molecule has 0 rings (SSSR count). The van der Waals surface area contributed by atoms with Crippen LogP contribution in [-0.2, 0) is 0 Å². The highest BCUT2D eigenvalue weighted by Crippen LogP contribution is 2.02. The molecule has 0 amide bonds. The number of hydrogen-bond acceptors (Lipinski definition) is 1. The Kier molecular flexibility index (Phi) is 4.58. The van der Waals surface area contributed by atoms with Gasteiger partial charge in [0.05, 0.1) is 0 Å². The van der Waals surface area contributed by atoms with Crippen molar-refractivity contribution in [2.45, 2.75) is 32.7 Å². The Morgan fingerprint density at radius 2 is 2.00 bits per heavy atom. The maximum absolute atomic E-state index is 11.6. The maximum Gasteiger partial charge on any atom is 0.240 e. The van der Waals surface area contributed by atoms with Crippen molar-refractivity contribution >= 4 is 0 Å². The average molecular weight is 137 g/mol. The Labute approximate surface area is 54.4 Å². The lowest BCUT2D eigenvalue weighted by atomic mass is 10.2. The van der Waals surface area contributed by atoms with Gasteiger partial charge in [0.25, 0.3) is 0 Å². The number of halogens is 2. The van der Waals surface area contributed by atoms with Crippen LogP contribution >= 0.6 is 0 Å². The molecule has 1 N–H and O–H groups in total. The van der Waals surface area contributed by atoms with Crippen molar-refractivity contribution in [1.29, 1.82) is 0 Å². The van der Waals surface area contributed by atoms with Crippen LogP contribution in [0.3, 0.4) is 0 Å². The first-order chi connectivity index (χ1) is 4.16. The normalized spacial score (nSPS) is 14.3. The topological polar surface area (TPSA) is 12.0 Å². The molecule has 9 heavy (non-hydrogen) atoms. The minimum absolute atomic E-state index is 0.0478. The van der Waals surface area contributed by atoms with Crippen molar-refractivity contribution in [1.82, 2.24) is 5.32 Å². The molecule has 56 valence electrons. The van der Waals surface area contributed by atoms with Gasteiger partial charge in [0.15, 0.2) is 0 Å². The van der Waals surface area contributed by atoms with E-state index < -0.39 is 6.43 Å². The highest BCUT2D eigenvalue weighted by molar-refractivity contribution is 4.59. The van der Waals surface area contributed by atoms with Crippen molar-refractivity contribution in [3.05, 3.63) is 0 Å². The first kappa shape index (κ1) is 8.82. The number of rotatable bonds is 4. The zero-order valence-corrected chi connectivity index (χ0v) is 5.82. The SMILES string of the molecule is CCNC(C)CC(F)F. The van der Waals surface area contributed by atoms with Crippen LogP contribution in [0, 0.1) is 0 Å². The van der Waals surface area contributed by atoms with E-state index in [1.165, 1.54) is 0 Å². The van der Waals surface area contributed by atoms with Crippen molar-refractivity contribution in [2.24, 2.45) is 0 Å². The van der Waals surface area contributed by atoms with E-state index in [9.17, 15) is 8.78 Å². The molecule has 0 aliphatic rings. The maximum atomic E-state index is 11.6. The molecule has 0 saturated heterocycles. The molecule has 0 saturated carbocycles. The van der Waals surface area contributed by atoms with Crippen molar-refractivity contribution in [3.63, 3.8) is 0 Å². The molecule has 0 aromatic rings. The van der Waals surface area contributed by atoms with Gasteiger partial charge in [-0.1, -0.05) is 6.92 Å². The van der Waals surface area contributed by atoms with E-state index in [0.29, 0.717) is 0 Å². The van der Waals surface area contributed by atoms with Crippen LogP contribution in [-0.4, -0.2) is 19.0 Å². The molecule has 0 aromatic heterocycles. The van der Waals surface area contributed by atoms with Gasteiger partial charge in [0, 0.05) is 12.5 Å². The largest absolute Gasteiger partial charge is 0.314 e. The second kappa shape index (κ2) is 4.68. The van der Waals surface area contributed by atoms with Gasteiger partial charge in [0.1, 0.15) is 0 Å². The third-order valence-corrected chi connectivity index (χ3v) is 1.08. The number of hydrogen-bond donors (Lipinski definition) is 1. The van der Waals surface area contributed by atoms with Gasteiger partial charge in [-0.05, 0) is 13.5 Å². The molecule has 0 spiro atoms. The summed E-state index contributed by atoms with van der Waals surface area (Å²) in [6, 6.07) is -0.0602. The van der Waals surface area contributed by atoms with Crippen LogP contribution in [0.25, 0.3) is 0 Å². The smallest absolute Gasteiger partial charge is 0.240 e. The molecule has 0 aliphatic carbocycles. The molecule has 0 fully saturated rings.